The van der Waals surface area contributed by atoms with Gasteiger partial charge in [-0.2, -0.15) is 0 Å². The summed E-state index contributed by atoms with van der Waals surface area (Å²) >= 11 is 0. The number of nitrogens with zero attached hydrogens (tertiary/aromatic N) is 3. The summed E-state index contributed by atoms with van der Waals surface area (Å²) in [7, 11) is 0. The van der Waals surface area contributed by atoms with Crippen LogP contribution in [-0.4, -0.2) is 54.6 Å². The quantitative estimate of drug-likeness (QED) is 0.0686. The normalized spacial score (nSPS) is 11.3. The second-order valence-corrected chi connectivity index (χ2v) is 13.9. The van der Waals surface area contributed by atoms with E-state index >= 15 is 0 Å². The largest absolute Gasteiger partial charge is 0.493 e. The number of fused-ring (bicyclic) bond motifs is 2. The maximum atomic E-state index is 13.5. The van der Waals surface area contributed by atoms with Crippen LogP contribution in [0.5, 0.6) is 17.2 Å². The molecule has 0 N–H and O–H groups in total. The molecule has 0 spiro atoms. The monoisotopic (exact) mass is 805 g/mol. The van der Waals surface area contributed by atoms with E-state index in [2.05, 4.69) is 10.3 Å². The summed E-state index contributed by atoms with van der Waals surface area (Å²) in [5.41, 5.74) is 4.02. The van der Waals surface area contributed by atoms with Gasteiger partial charge in [-0.05, 0) is 66.9 Å². The molecule has 0 saturated carbocycles. The van der Waals surface area contributed by atoms with Gasteiger partial charge in [-0.15, -0.1) is 5.10 Å². The fourth-order valence-corrected chi connectivity index (χ4v) is 6.55. The molecular formula is C48H43N3O9. The second-order valence-electron chi connectivity index (χ2n) is 13.9. The fourth-order valence-electron chi connectivity index (χ4n) is 6.55. The van der Waals surface area contributed by atoms with Gasteiger partial charge >= 0.3 is 0 Å². The number of hydrogen-bond donors (Lipinski definition) is 0. The van der Waals surface area contributed by atoms with Gasteiger partial charge < -0.3 is 32.5 Å². The van der Waals surface area contributed by atoms with Crippen molar-refractivity contribution in [3.8, 4) is 39.9 Å². The Hall–Kier alpha value is -7.02. The van der Waals surface area contributed by atoms with Crippen LogP contribution < -0.4 is 25.1 Å². The third-order valence-electron chi connectivity index (χ3n) is 9.62. The summed E-state index contributed by atoms with van der Waals surface area (Å²) in [6, 6.07) is 40.5. The van der Waals surface area contributed by atoms with Crippen LogP contribution in [0.25, 0.3) is 44.6 Å². The molecule has 0 unspecified atom stereocenters. The van der Waals surface area contributed by atoms with E-state index in [1.807, 2.05) is 97.2 Å². The van der Waals surface area contributed by atoms with Gasteiger partial charge in [-0.25, -0.2) is 4.68 Å². The van der Waals surface area contributed by atoms with Crippen molar-refractivity contribution in [3.63, 3.8) is 0 Å². The van der Waals surface area contributed by atoms with E-state index in [0.717, 1.165) is 23.2 Å². The molecule has 0 amide bonds. The summed E-state index contributed by atoms with van der Waals surface area (Å²) in [5.74, 6) is 2.35. The van der Waals surface area contributed by atoms with E-state index in [0.29, 0.717) is 103 Å². The first-order chi connectivity index (χ1) is 29.6. The zero-order valence-electron chi connectivity index (χ0n) is 32.9. The minimum atomic E-state index is -0.220. The first-order valence-corrected chi connectivity index (χ1v) is 19.8. The van der Waals surface area contributed by atoms with Crippen molar-refractivity contribution in [2.45, 2.75) is 26.0 Å². The van der Waals surface area contributed by atoms with Crippen LogP contribution in [-0.2, 0) is 29.0 Å². The number of aryl methyl sites for hydroxylation is 1. The summed E-state index contributed by atoms with van der Waals surface area (Å²) in [6.07, 6.45) is 3.36. The molecule has 0 fully saturated rings. The lowest BCUT2D eigenvalue weighted by Gasteiger charge is -2.12. The molecule has 12 heteroatoms. The van der Waals surface area contributed by atoms with Crippen LogP contribution >= 0.6 is 0 Å². The maximum Gasteiger partial charge on any atom is 0.235 e. The van der Waals surface area contributed by atoms with Crippen LogP contribution in [0.2, 0.25) is 0 Å². The molecule has 8 rings (SSSR count). The van der Waals surface area contributed by atoms with Crippen LogP contribution in [0.1, 0.15) is 17.7 Å². The lowest BCUT2D eigenvalue weighted by atomic mass is 10.1. The Kier molecular flexibility index (Phi) is 13.0. The van der Waals surface area contributed by atoms with Crippen molar-refractivity contribution in [1.82, 2.24) is 15.0 Å². The molecule has 0 aliphatic rings. The van der Waals surface area contributed by atoms with Gasteiger partial charge in [0.05, 0.1) is 56.0 Å². The lowest BCUT2D eigenvalue weighted by Crippen LogP contribution is -2.13. The molecule has 0 saturated heterocycles. The molecule has 12 nitrogen and oxygen atoms in total. The van der Waals surface area contributed by atoms with Gasteiger partial charge in [0, 0.05) is 29.5 Å². The van der Waals surface area contributed by atoms with E-state index in [4.69, 9.17) is 32.5 Å². The molecule has 0 atom stereocenters. The van der Waals surface area contributed by atoms with Crippen molar-refractivity contribution < 1.29 is 32.5 Å². The summed E-state index contributed by atoms with van der Waals surface area (Å²) in [4.78, 5) is 26.1. The van der Waals surface area contributed by atoms with Gasteiger partial charge in [-0.1, -0.05) is 78.0 Å². The Labute approximate surface area is 345 Å². The van der Waals surface area contributed by atoms with Crippen LogP contribution in [0.15, 0.2) is 158 Å². The Bertz CT molecular complexity index is 2750. The summed E-state index contributed by atoms with van der Waals surface area (Å²) < 4.78 is 43.3. The molecule has 0 aliphatic heterocycles. The van der Waals surface area contributed by atoms with Crippen molar-refractivity contribution in [3.05, 3.63) is 171 Å². The standard InChI is InChI=1S/C48H43N3O9/c52-42-31-44(35-12-5-2-6-13-35)59-45-30-39(21-22-40(42)45)56-24-9-14-37-32-51(50-49-37)23-25-54-26-27-55-28-29-57-38-19-17-36(18-20-38)47-48(58-33-34-10-3-1-4-11-34)46(53)41-15-7-8-16-43(41)60-47/h1-8,10-13,15-22,30-32H,9,14,23-29,33H2. The average Bonchev–Trinajstić information content (AvgIpc) is 3.75. The zero-order valence-corrected chi connectivity index (χ0v) is 32.9. The summed E-state index contributed by atoms with van der Waals surface area (Å²) in [5, 5.41) is 9.45. The second kappa shape index (κ2) is 19.6. The number of rotatable bonds is 20. The topological polar surface area (TPSA) is 137 Å². The number of hydrogen-bond acceptors (Lipinski definition) is 11. The smallest absolute Gasteiger partial charge is 0.235 e. The molecule has 8 aromatic rings. The van der Waals surface area contributed by atoms with E-state index < -0.39 is 0 Å². The molecule has 0 aliphatic carbocycles. The maximum absolute atomic E-state index is 13.5. The Morgan fingerprint density at radius 2 is 1.30 bits per heavy atom. The fraction of sp³-hybridized carbons (Fsp3) is 0.208. The molecule has 304 valence electrons. The van der Waals surface area contributed by atoms with Crippen molar-refractivity contribution in [2.75, 3.05) is 39.6 Å². The Balaban J connectivity index is 0.714. The molecule has 0 radical (unpaired) electrons. The Morgan fingerprint density at radius 3 is 2.13 bits per heavy atom. The third kappa shape index (κ3) is 10.2. The molecular weight excluding hydrogens is 763 g/mol. The predicted octanol–water partition coefficient (Wildman–Crippen LogP) is 8.53. The van der Waals surface area contributed by atoms with E-state index in [1.165, 1.54) is 6.07 Å². The highest BCUT2D eigenvalue weighted by Crippen LogP contribution is 2.32. The van der Waals surface area contributed by atoms with Gasteiger partial charge in [0.1, 0.15) is 41.6 Å². The third-order valence-corrected chi connectivity index (χ3v) is 9.62. The highest BCUT2D eigenvalue weighted by atomic mass is 16.5. The molecule has 5 aromatic carbocycles. The van der Waals surface area contributed by atoms with E-state index in [1.54, 1.807) is 41.1 Å². The predicted molar refractivity (Wildman–Crippen MR) is 228 cm³/mol. The molecule has 3 aromatic heterocycles. The number of benzene rings is 5. The lowest BCUT2D eigenvalue weighted by molar-refractivity contribution is 0.0333. The van der Waals surface area contributed by atoms with Crippen LogP contribution in [0.3, 0.4) is 0 Å². The molecule has 60 heavy (non-hydrogen) atoms. The average molecular weight is 806 g/mol. The van der Waals surface area contributed by atoms with Crippen LogP contribution in [0.4, 0.5) is 0 Å². The van der Waals surface area contributed by atoms with Gasteiger partial charge in [-0.3, -0.25) is 9.59 Å². The van der Waals surface area contributed by atoms with Crippen molar-refractivity contribution >= 4 is 21.9 Å². The van der Waals surface area contributed by atoms with Crippen molar-refractivity contribution in [2.24, 2.45) is 0 Å². The minimum absolute atomic E-state index is 0.0941. The molecule has 0 bridgehead atoms. The summed E-state index contributed by atoms with van der Waals surface area (Å²) in [6.45, 7) is 3.36. The van der Waals surface area contributed by atoms with Crippen molar-refractivity contribution in [1.29, 1.82) is 0 Å². The highest BCUT2D eigenvalue weighted by Gasteiger charge is 2.18. The number of para-hydroxylation sites is 1. The SMILES string of the molecule is O=c1cc(-c2ccccc2)oc2cc(OCCCc3cn(CCOCCOCCOc4ccc(-c5oc6ccccc6c(=O)c5OCc5ccccc5)cc4)nn3)ccc12. The van der Waals surface area contributed by atoms with Gasteiger partial charge in [0.15, 0.2) is 11.2 Å². The number of ether oxygens (including phenoxy) is 5. The molecule has 3 heterocycles. The highest BCUT2D eigenvalue weighted by molar-refractivity contribution is 5.82. The number of aromatic nitrogens is 3. The van der Waals surface area contributed by atoms with Gasteiger partial charge in [0.25, 0.3) is 0 Å². The first kappa shape index (κ1) is 39.8. The van der Waals surface area contributed by atoms with Crippen LogP contribution in [0, 0.1) is 0 Å². The first-order valence-electron chi connectivity index (χ1n) is 19.8. The zero-order chi connectivity index (χ0) is 40.9. The van der Waals surface area contributed by atoms with Gasteiger partial charge in [0.2, 0.25) is 11.2 Å². The van der Waals surface area contributed by atoms with E-state index in [-0.39, 0.29) is 23.2 Å². The minimum Gasteiger partial charge on any atom is -0.493 e. The van der Waals surface area contributed by atoms with E-state index in [9.17, 15) is 9.59 Å². The Morgan fingerprint density at radius 1 is 0.583 bits per heavy atom.